The fourth-order valence-electron chi connectivity index (χ4n) is 4.77. The van der Waals surface area contributed by atoms with Gasteiger partial charge in [0.2, 0.25) is 9.84 Å². The topological polar surface area (TPSA) is 136 Å². The van der Waals surface area contributed by atoms with Gasteiger partial charge in [0, 0.05) is 23.5 Å². The van der Waals surface area contributed by atoms with E-state index >= 15 is 0 Å². The minimum absolute atomic E-state index is 0.121. The van der Waals surface area contributed by atoms with Gasteiger partial charge in [0.1, 0.15) is 11.5 Å². The smallest absolute Gasteiger partial charge is 0.332 e. The summed E-state index contributed by atoms with van der Waals surface area (Å²) in [7, 11) is 1.31. The summed E-state index contributed by atoms with van der Waals surface area (Å²) in [6.07, 6.45) is 2.50. The van der Waals surface area contributed by atoms with Crippen molar-refractivity contribution >= 4 is 31.9 Å². The van der Waals surface area contributed by atoms with Crippen molar-refractivity contribution < 1.29 is 37.0 Å². The highest BCUT2D eigenvalue weighted by molar-refractivity contribution is 8.19. The standard InChI is InChI=1S/C30H34N4O8S/c1-19(15-27(35)41-5)33-17-25(21-7-11-23(39-3)12-8-21)29(31-33)43(37,38)30-26(22-9-13-24(40-4)14-10-22)18-34(32-30)20(2)16-28(36)42-6/h7-16,25-26H,17-18H2,1-6H3/b19-15+,20-16+. The molecular weight excluding hydrogens is 576 g/mol. The van der Waals surface area contributed by atoms with Gasteiger partial charge in [-0.1, -0.05) is 24.3 Å². The molecule has 2 aliphatic heterocycles. The number of allylic oxidation sites excluding steroid dienone is 2. The molecule has 2 unspecified atom stereocenters. The lowest BCUT2D eigenvalue weighted by molar-refractivity contribution is -0.135. The number of carbonyl (C=O) groups is 2. The fraction of sp³-hybridized carbons (Fsp3) is 0.333. The van der Waals surface area contributed by atoms with E-state index in [0.717, 1.165) is 0 Å². The van der Waals surface area contributed by atoms with E-state index in [1.165, 1.54) is 36.4 Å². The Hall–Kier alpha value is -4.65. The highest BCUT2D eigenvalue weighted by Crippen LogP contribution is 2.37. The Bertz CT molecular complexity index is 1480. The van der Waals surface area contributed by atoms with Crippen LogP contribution in [0.15, 0.2) is 82.3 Å². The van der Waals surface area contributed by atoms with Crippen molar-refractivity contribution in [3.8, 4) is 11.5 Å². The predicted octanol–water partition coefficient (Wildman–Crippen LogP) is 3.40. The van der Waals surface area contributed by atoms with Gasteiger partial charge in [-0.05, 0) is 49.2 Å². The number of hydrogen-bond donors (Lipinski definition) is 0. The van der Waals surface area contributed by atoms with E-state index in [-0.39, 0.29) is 23.2 Å². The first kappa shape index (κ1) is 31.3. The van der Waals surface area contributed by atoms with Crippen LogP contribution >= 0.6 is 0 Å². The third-order valence-electron chi connectivity index (χ3n) is 7.20. The summed E-state index contributed by atoms with van der Waals surface area (Å²) >= 11 is 0. The molecule has 2 heterocycles. The Kier molecular flexibility index (Phi) is 9.54. The molecule has 12 nitrogen and oxygen atoms in total. The van der Waals surface area contributed by atoms with Crippen molar-refractivity contribution in [1.29, 1.82) is 0 Å². The maximum Gasteiger partial charge on any atom is 0.332 e. The number of esters is 2. The number of benzene rings is 2. The maximum absolute atomic E-state index is 14.6. The van der Waals surface area contributed by atoms with Crippen molar-refractivity contribution in [2.24, 2.45) is 10.2 Å². The van der Waals surface area contributed by atoms with Crippen LogP contribution in [0.25, 0.3) is 0 Å². The maximum atomic E-state index is 14.6. The minimum atomic E-state index is -4.30. The van der Waals surface area contributed by atoms with Crippen LogP contribution in [-0.2, 0) is 28.9 Å². The molecule has 43 heavy (non-hydrogen) atoms. The molecular formula is C30H34N4O8S. The molecule has 4 rings (SSSR count). The highest BCUT2D eigenvalue weighted by atomic mass is 32.2. The predicted molar refractivity (Wildman–Crippen MR) is 160 cm³/mol. The molecule has 2 aromatic rings. The van der Waals surface area contributed by atoms with Gasteiger partial charge in [0.25, 0.3) is 0 Å². The van der Waals surface area contributed by atoms with Crippen LogP contribution in [0.3, 0.4) is 0 Å². The van der Waals surface area contributed by atoms with E-state index in [2.05, 4.69) is 10.2 Å². The van der Waals surface area contributed by atoms with Crippen molar-refractivity contribution in [2.45, 2.75) is 25.7 Å². The summed E-state index contributed by atoms with van der Waals surface area (Å²) in [6.45, 7) is 3.62. The van der Waals surface area contributed by atoms with Crippen molar-refractivity contribution in [3.63, 3.8) is 0 Å². The molecule has 0 N–H and O–H groups in total. The molecule has 2 aromatic carbocycles. The normalized spacial score (nSPS) is 19.1. The third-order valence-corrected chi connectivity index (χ3v) is 9.04. The van der Waals surface area contributed by atoms with Gasteiger partial charge in [-0.15, -0.1) is 0 Å². The zero-order chi connectivity index (χ0) is 31.3. The van der Waals surface area contributed by atoms with E-state index in [1.807, 2.05) is 0 Å². The Morgan fingerprint density at radius 3 is 1.35 bits per heavy atom. The summed E-state index contributed by atoms with van der Waals surface area (Å²) in [6, 6.07) is 14.1. The average Bonchev–Trinajstić information content (AvgIpc) is 3.68. The van der Waals surface area contributed by atoms with Crippen LogP contribution in [-0.4, -0.2) is 82.0 Å². The zero-order valence-electron chi connectivity index (χ0n) is 24.8. The second-order valence-corrected chi connectivity index (χ2v) is 11.7. The Morgan fingerprint density at radius 2 is 1.05 bits per heavy atom. The highest BCUT2D eigenvalue weighted by Gasteiger charge is 2.45. The lowest BCUT2D eigenvalue weighted by Gasteiger charge is -2.18. The number of rotatable bonds is 8. The van der Waals surface area contributed by atoms with Gasteiger partial charge >= 0.3 is 11.9 Å². The molecule has 0 amide bonds. The summed E-state index contributed by atoms with van der Waals surface area (Å²) in [4.78, 5) is 23.9. The number of carbonyl (C=O) groups excluding carboxylic acids is 2. The molecule has 0 spiro atoms. The second-order valence-electron chi connectivity index (χ2n) is 9.81. The van der Waals surface area contributed by atoms with Crippen LogP contribution in [0.1, 0.15) is 36.8 Å². The molecule has 0 radical (unpaired) electrons. The molecule has 0 aliphatic carbocycles. The Morgan fingerprint density at radius 1 is 0.698 bits per heavy atom. The van der Waals surface area contributed by atoms with E-state index in [0.29, 0.717) is 34.0 Å². The van der Waals surface area contributed by atoms with Gasteiger partial charge in [-0.2, -0.15) is 10.2 Å². The number of sulfone groups is 1. The molecule has 0 saturated carbocycles. The van der Waals surface area contributed by atoms with Gasteiger partial charge < -0.3 is 18.9 Å². The third kappa shape index (κ3) is 6.72. The van der Waals surface area contributed by atoms with E-state index in [1.54, 1.807) is 76.6 Å². The SMILES string of the molecule is COC(=O)/C=C(\C)N1CC(c2ccc(OC)cc2)C(S(=O)(=O)C2=NN(/C(C)=C/C(=O)OC)CC2c2ccc(OC)cc2)=N1. The number of hydrogen-bond acceptors (Lipinski definition) is 12. The first-order valence-electron chi connectivity index (χ1n) is 13.3. The van der Waals surface area contributed by atoms with Crippen LogP contribution in [0.5, 0.6) is 11.5 Å². The van der Waals surface area contributed by atoms with Crippen LogP contribution in [0.4, 0.5) is 0 Å². The molecule has 0 fully saturated rings. The molecule has 0 bridgehead atoms. The second kappa shape index (κ2) is 13.1. The molecule has 0 aromatic heterocycles. The summed E-state index contributed by atoms with van der Waals surface area (Å²) < 4.78 is 49.2. The molecule has 228 valence electrons. The largest absolute Gasteiger partial charge is 0.497 e. The number of nitrogens with zero attached hydrogens (tertiary/aromatic N) is 4. The molecule has 2 atom stereocenters. The number of ether oxygens (including phenoxy) is 4. The van der Waals surface area contributed by atoms with Crippen LogP contribution in [0, 0.1) is 0 Å². The molecule has 0 saturated heterocycles. The van der Waals surface area contributed by atoms with Crippen LogP contribution in [0.2, 0.25) is 0 Å². The Balaban J connectivity index is 1.84. The first-order chi connectivity index (χ1) is 20.5. The average molecular weight is 611 g/mol. The lowest BCUT2D eigenvalue weighted by Crippen LogP contribution is -2.31. The van der Waals surface area contributed by atoms with E-state index < -0.39 is 33.6 Å². The van der Waals surface area contributed by atoms with Gasteiger partial charge in [0.15, 0.2) is 10.1 Å². The quantitative estimate of drug-likeness (QED) is 0.323. The first-order valence-corrected chi connectivity index (χ1v) is 14.8. The van der Waals surface area contributed by atoms with Gasteiger partial charge in [-0.3, -0.25) is 10.0 Å². The van der Waals surface area contributed by atoms with Gasteiger partial charge in [0.05, 0.1) is 53.4 Å². The van der Waals surface area contributed by atoms with Crippen molar-refractivity contribution in [2.75, 3.05) is 41.5 Å². The van der Waals surface area contributed by atoms with E-state index in [4.69, 9.17) is 18.9 Å². The lowest BCUT2D eigenvalue weighted by atomic mass is 10.00. The number of hydrazone groups is 2. The summed E-state index contributed by atoms with van der Waals surface area (Å²) in [5.74, 6) is -1.31. The van der Waals surface area contributed by atoms with Crippen molar-refractivity contribution in [1.82, 2.24) is 10.0 Å². The molecule has 2 aliphatic rings. The minimum Gasteiger partial charge on any atom is -0.497 e. The van der Waals surface area contributed by atoms with E-state index in [9.17, 15) is 18.0 Å². The fourth-order valence-corrected chi connectivity index (χ4v) is 6.57. The molecule has 13 heteroatoms. The summed E-state index contributed by atoms with van der Waals surface area (Å²) in [5.41, 5.74) is 2.20. The summed E-state index contributed by atoms with van der Waals surface area (Å²) in [5, 5.41) is 11.7. The van der Waals surface area contributed by atoms with Gasteiger partial charge in [-0.25, -0.2) is 18.0 Å². The zero-order valence-corrected chi connectivity index (χ0v) is 25.6. The Labute approximate surface area is 250 Å². The van der Waals surface area contributed by atoms with Crippen LogP contribution < -0.4 is 9.47 Å². The van der Waals surface area contributed by atoms with Crippen molar-refractivity contribution in [3.05, 3.63) is 83.2 Å². The number of methoxy groups -OCH3 is 4. The monoisotopic (exact) mass is 610 g/mol.